The Kier molecular flexibility index (Phi) is 29.0. The van der Waals surface area contributed by atoms with Crippen LogP contribution in [0.3, 0.4) is 0 Å². The number of carbonyl (C=O) groups excluding carboxylic acids is 2. The predicted octanol–water partition coefficient (Wildman–Crippen LogP) is -2.50. The van der Waals surface area contributed by atoms with Gasteiger partial charge in [0.1, 0.15) is 0 Å². The zero-order chi connectivity index (χ0) is 13.6. The minimum absolute atomic E-state index is 0. The fraction of sp³-hybridized carbons (Fsp3) is 0.800. The molecule has 0 spiro atoms. The van der Waals surface area contributed by atoms with Gasteiger partial charge >= 0.3 is 0 Å². The molecule has 106 valence electrons. The topological polar surface area (TPSA) is 158 Å². The molecule has 7 nitrogen and oxygen atoms in total. The summed E-state index contributed by atoms with van der Waals surface area (Å²) in [6.07, 6.45) is 0.867. The Bertz CT molecular complexity index is 150. The lowest BCUT2D eigenvalue weighted by atomic mass is 10.0. The first-order chi connectivity index (χ1) is 7.27. The maximum Gasteiger partial charge on any atom is -0.0431 e. The summed E-state index contributed by atoms with van der Waals surface area (Å²) in [6.45, 7) is 6.85. The Morgan fingerprint density at radius 2 is 1.29 bits per heavy atom. The van der Waals surface area contributed by atoms with Crippen LogP contribution in [0.2, 0.25) is 0 Å². The smallest absolute Gasteiger partial charge is 0.0431 e. The molecule has 1 atom stereocenters. The quantitative estimate of drug-likeness (QED) is 0.538. The number of unbranched alkanes of at least 4 members (excludes halogenated alkanes) is 1. The van der Waals surface area contributed by atoms with Crippen LogP contribution in [0.4, 0.5) is 9.59 Å². The van der Waals surface area contributed by atoms with Gasteiger partial charge in [0.05, 0.1) is 0 Å². The highest BCUT2D eigenvalue weighted by Gasteiger charge is 1.94. The predicted molar refractivity (Wildman–Crippen MR) is 53.4 cm³/mol. The molecule has 2 N–H and O–H groups in total. The van der Waals surface area contributed by atoms with Gasteiger partial charge in [-0.05, 0) is 18.2 Å². The van der Waals surface area contributed by atoms with E-state index in [9.17, 15) is 0 Å². The Hall–Kier alpha value is -1.50. The number of carboxylic acid groups (broad SMARTS) is 4. The third-order valence-electron chi connectivity index (χ3n) is 1.75. The molecule has 0 aromatic heterocycles. The minimum Gasteiger partial charge on any atom is -0.652 e. The van der Waals surface area contributed by atoms with Crippen molar-refractivity contribution in [2.24, 2.45) is 5.92 Å². The van der Waals surface area contributed by atoms with Gasteiger partial charge in [-0.2, -0.15) is 0 Å². The highest BCUT2D eigenvalue weighted by atomic mass is 16.6. The highest BCUT2D eigenvalue weighted by Crippen LogP contribution is 2.09. The van der Waals surface area contributed by atoms with Gasteiger partial charge in [0.25, 0.3) is 0 Å². The summed E-state index contributed by atoms with van der Waals surface area (Å²) < 4.78 is 0. The number of hydrogen-bond acceptors (Lipinski definition) is 6. The summed E-state index contributed by atoms with van der Waals surface area (Å²) in [4.78, 5) is 16.7. The molecular formula is C10H20O7-4. The standard InChI is InChI=1S/C8H18.2CH2O3.H2O/c1-4-6-7-8(3)5-2;2*2-1(3)4;/h8H,4-7H2,1-3H3;2*(H2,2,3,4);1H2/p-4. The van der Waals surface area contributed by atoms with E-state index in [1.807, 2.05) is 0 Å². The van der Waals surface area contributed by atoms with Crippen molar-refractivity contribution in [3.8, 4) is 0 Å². The molecule has 0 fully saturated rings. The van der Waals surface area contributed by atoms with Gasteiger partial charge in [-0.1, -0.05) is 46.5 Å². The average Bonchev–Trinajstić information content (AvgIpc) is 2.12. The summed E-state index contributed by atoms with van der Waals surface area (Å²) in [5.41, 5.74) is 0. The second-order valence-corrected chi connectivity index (χ2v) is 3.16. The summed E-state index contributed by atoms with van der Waals surface area (Å²) in [6, 6.07) is 0. The summed E-state index contributed by atoms with van der Waals surface area (Å²) in [5, 5.41) is 33.3. The molecule has 0 bridgehead atoms. The van der Waals surface area contributed by atoms with Crippen molar-refractivity contribution < 1.29 is 35.5 Å². The third-order valence-corrected chi connectivity index (χ3v) is 1.75. The van der Waals surface area contributed by atoms with Crippen LogP contribution < -0.4 is 20.4 Å². The lowest BCUT2D eigenvalue weighted by Gasteiger charge is -2.04. The fourth-order valence-electron chi connectivity index (χ4n) is 0.757. The van der Waals surface area contributed by atoms with Crippen LogP contribution in [0.5, 0.6) is 0 Å². The number of carbonyl (C=O) groups is 2. The van der Waals surface area contributed by atoms with Crippen LogP contribution in [-0.2, 0) is 0 Å². The molecule has 0 rings (SSSR count). The van der Waals surface area contributed by atoms with Crippen LogP contribution in [-0.4, -0.2) is 17.8 Å². The van der Waals surface area contributed by atoms with Crippen molar-refractivity contribution in [2.45, 2.75) is 46.5 Å². The van der Waals surface area contributed by atoms with Gasteiger partial charge in [0.2, 0.25) is 0 Å². The molecule has 0 aromatic carbocycles. The molecule has 0 saturated heterocycles. The van der Waals surface area contributed by atoms with E-state index in [0.29, 0.717) is 0 Å². The van der Waals surface area contributed by atoms with Crippen molar-refractivity contribution >= 4 is 12.3 Å². The summed E-state index contributed by atoms with van der Waals surface area (Å²) >= 11 is 0. The van der Waals surface area contributed by atoms with E-state index in [-0.39, 0.29) is 5.48 Å². The maximum atomic E-state index is 8.33. The van der Waals surface area contributed by atoms with Crippen molar-refractivity contribution in [1.82, 2.24) is 0 Å². The van der Waals surface area contributed by atoms with Crippen molar-refractivity contribution in [1.29, 1.82) is 0 Å². The zero-order valence-corrected chi connectivity index (χ0v) is 10.4. The van der Waals surface area contributed by atoms with Crippen molar-refractivity contribution in [3.63, 3.8) is 0 Å². The molecule has 0 saturated carbocycles. The Balaban J connectivity index is -0.0000000806. The number of rotatable bonds is 4. The van der Waals surface area contributed by atoms with Crippen molar-refractivity contribution in [2.75, 3.05) is 0 Å². The monoisotopic (exact) mass is 252 g/mol. The summed E-state index contributed by atoms with van der Waals surface area (Å²) in [5.74, 6) is 0.954. The van der Waals surface area contributed by atoms with E-state index in [2.05, 4.69) is 20.8 Å². The molecule has 0 radical (unpaired) electrons. The Morgan fingerprint density at radius 1 is 1.00 bits per heavy atom. The van der Waals surface area contributed by atoms with Crippen LogP contribution in [0.15, 0.2) is 0 Å². The second kappa shape index (κ2) is 20.0. The van der Waals surface area contributed by atoms with Crippen molar-refractivity contribution in [3.05, 3.63) is 0 Å². The molecule has 7 heteroatoms. The number of hydrogen-bond donors (Lipinski definition) is 0. The molecule has 0 aliphatic rings. The van der Waals surface area contributed by atoms with Gasteiger partial charge in [-0.25, -0.2) is 0 Å². The second-order valence-electron chi connectivity index (χ2n) is 3.16. The first-order valence-electron chi connectivity index (χ1n) is 5.03. The van der Waals surface area contributed by atoms with Crippen LogP contribution in [0, 0.1) is 5.92 Å². The molecular weight excluding hydrogens is 232 g/mol. The van der Waals surface area contributed by atoms with Gasteiger partial charge in [0.15, 0.2) is 0 Å². The summed E-state index contributed by atoms with van der Waals surface area (Å²) in [7, 11) is 0. The highest BCUT2D eigenvalue weighted by molar-refractivity contribution is 5.47. The molecule has 0 aliphatic heterocycles. The van der Waals surface area contributed by atoms with Crippen LogP contribution in [0.25, 0.3) is 0 Å². The van der Waals surface area contributed by atoms with E-state index >= 15 is 0 Å². The van der Waals surface area contributed by atoms with Gasteiger partial charge in [-0.15, -0.1) is 0 Å². The van der Waals surface area contributed by atoms with E-state index in [4.69, 9.17) is 30.0 Å². The van der Waals surface area contributed by atoms with Gasteiger partial charge < -0.3 is 35.5 Å². The zero-order valence-electron chi connectivity index (χ0n) is 10.4. The fourth-order valence-corrected chi connectivity index (χ4v) is 0.757. The molecule has 17 heavy (non-hydrogen) atoms. The molecule has 0 heterocycles. The Labute approximate surface area is 101 Å². The van der Waals surface area contributed by atoms with E-state index in [1.54, 1.807) is 0 Å². The maximum absolute atomic E-state index is 8.33. The molecule has 0 amide bonds. The van der Waals surface area contributed by atoms with Crippen LogP contribution >= 0.6 is 0 Å². The molecule has 1 unspecified atom stereocenters. The minimum atomic E-state index is -2.33. The average molecular weight is 252 g/mol. The third kappa shape index (κ3) is 112. The Morgan fingerprint density at radius 3 is 1.47 bits per heavy atom. The van der Waals surface area contributed by atoms with Gasteiger partial charge in [0, 0.05) is 0 Å². The van der Waals surface area contributed by atoms with Gasteiger partial charge in [-0.3, -0.25) is 0 Å². The lowest BCUT2D eigenvalue weighted by Crippen LogP contribution is -2.37. The SMILES string of the molecule is CCCCC(C)CC.O.O=C([O-])[O-].O=C([O-])[O-]. The lowest BCUT2D eigenvalue weighted by molar-refractivity contribution is -0.417. The first-order valence-corrected chi connectivity index (χ1v) is 5.03. The molecule has 0 aromatic rings. The van der Waals surface area contributed by atoms with E-state index in [1.165, 1.54) is 25.7 Å². The largest absolute Gasteiger partial charge is 0.652 e. The first kappa shape index (κ1) is 24.6. The van der Waals surface area contributed by atoms with Crippen LogP contribution in [0.1, 0.15) is 46.5 Å². The molecule has 0 aliphatic carbocycles. The normalized spacial score (nSPS) is 9.35. The van der Waals surface area contributed by atoms with E-state index < -0.39 is 12.3 Å². The van der Waals surface area contributed by atoms with E-state index in [0.717, 1.165) is 5.92 Å².